The molecule has 0 bridgehead atoms. The first kappa shape index (κ1) is 13.2. The van der Waals surface area contributed by atoms with Crippen LogP contribution in [-0.4, -0.2) is 61.2 Å². The van der Waals surface area contributed by atoms with E-state index in [2.05, 4.69) is 5.32 Å². The van der Waals surface area contributed by atoms with Crippen molar-refractivity contribution in [1.29, 1.82) is 0 Å². The second-order valence-electron chi connectivity index (χ2n) is 4.71. The maximum Gasteiger partial charge on any atom is 0.254 e. The van der Waals surface area contributed by atoms with Crippen molar-refractivity contribution in [2.75, 3.05) is 44.8 Å². The zero-order chi connectivity index (χ0) is 12.1. The standard InChI is InChI=1S/C12H22N2O2S/c1-16-12(3-5-13-6-4-12)11(15)14-7-2-9-17-10-8-14/h13H,2-10H2,1H3. The Hall–Kier alpha value is -0.260. The van der Waals surface area contributed by atoms with Crippen LogP contribution >= 0.6 is 11.8 Å². The predicted molar refractivity (Wildman–Crippen MR) is 70.4 cm³/mol. The van der Waals surface area contributed by atoms with Gasteiger partial charge >= 0.3 is 0 Å². The molecule has 0 aromatic carbocycles. The van der Waals surface area contributed by atoms with Crippen LogP contribution in [0.15, 0.2) is 0 Å². The number of hydrogen-bond donors (Lipinski definition) is 1. The number of carbonyl (C=O) groups is 1. The van der Waals surface area contributed by atoms with Crippen LogP contribution in [0.1, 0.15) is 19.3 Å². The Morgan fingerprint density at radius 1 is 1.29 bits per heavy atom. The third-order valence-corrected chi connectivity index (χ3v) is 4.75. The van der Waals surface area contributed by atoms with E-state index in [9.17, 15) is 4.79 Å². The highest BCUT2D eigenvalue weighted by Gasteiger charge is 2.42. The smallest absolute Gasteiger partial charge is 0.254 e. The monoisotopic (exact) mass is 258 g/mol. The predicted octanol–water partition coefficient (Wildman–Crippen LogP) is 0.720. The number of piperidine rings is 1. The number of rotatable bonds is 2. The van der Waals surface area contributed by atoms with Gasteiger partial charge in [0.15, 0.2) is 0 Å². The van der Waals surface area contributed by atoms with Gasteiger partial charge in [0.1, 0.15) is 5.60 Å². The fourth-order valence-electron chi connectivity index (χ4n) is 2.57. The van der Waals surface area contributed by atoms with E-state index in [1.165, 1.54) is 5.75 Å². The minimum atomic E-state index is -0.555. The third kappa shape index (κ3) is 2.95. The summed E-state index contributed by atoms with van der Waals surface area (Å²) in [6, 6.07) is 0. The van der Waals surface area contributed by atoms with E-state index in [0.717, 1.165) is 51.2 Å². The number of carbonyl (C=O) groups excluding carboxylic acids is 1. The van der Waals surface area contributed by atoms with Crippen molar-refractivity contribution in [1.82, 2.24) is 10.2 Å². The molecule has 4 nitrogen and oxygen atoms in total. The Balaban J connectivity index is 2.04. The summed E-state index contributed by atoms with van der Waals surface area (Å²) in [5.74, 6) is 2.44. The molecule has 0 unspecified atom stereocenters. The average molecular weight is 258 g/mol. The SMILES string of the molecule is COC1(C(=O)N2CCCSCC2)CCNCC1. The third-order valence-electron chi connectivity index (χ3n) is 3.70. The molecule has 2 saturated heterocycles. The molecule has 0 saturated carbocycles. The molecule has 2 heterocycles. The van der Waals surface area contributed by atoms with Gasteiger partial charge < -0.3 is 15.0 Å². The summed E-state index contributed by atoms with van der Waals surface area (Å²) >= 11 is 1.94. The molecule has 1 N–H and O–H groups in total. The number of nitrogens with one attached hydrogen (secondary N) is 1. The van der Waals surface area contributed by atoms with Crippen molar-refractivity contribution < 1.29 is 9.53 Å². The van der Waals surface area contributed by atoms with Gasteiger partial charge in [0.05, 0.1) is 0 Å². The lowest BCUT2D eigenvalue weighted by Gasteiger charge is -2.38. The fourth-order valence-corrected chi connectivity index (χ4v) is 3.46. The Kier molecular flexibility index (Phi) is 4.70. The van der Waals surface area contributed by atoms with Gasteiger partial charge in [0, 0.05) is 26.0 Å². The van der Waals surface area contributed by atoms with Crippen LogP contribution in [-0.2, 0) is 9.53 Å². The van der Waals surface area contributed by atoms with E-state index >= 15 is 0 Å². The van der Waals surface area contributed by atoms with E-state index in [1.54, 1.807) is 7.11 Å². The van der Waals surface area contributed by atoms with Crippen LogP contribution < -0.4 is 5.32 Å². The molecular weight excluding hydrogens is 236 g/mol. The molecule has 0 spiro atoms. The number of amides is 1. The van der Waals surface area contributed by atoms with Gasteiger partial charge in [-0.3, -0.25) is 4.79 Å². The summed E-state index contributed by atoms with van der Waals surface area (Å²) in [6.07, 6.45) is 2.70. The van der Waals surface area contributed by atoms with Gasteiger partial charge in [-0.2, -0.15) is 11.8 Å². The molecule has 2 aliphatic rings. The molecule has 2 rings (SSSR count). The molecular formula is C12H22N2O2S. The van der Waals surface area contributed by atoms with Gasteiger partial charge in [-0.15, -0.1) is 0 Å². The number of methoxy groups -OCH3 is 1. The average Bonchev–Trinajstić information content (AvgIpc) is 2.67. The van der Waals surface area contributed by atoms with Crippen molar-refractivity contribution in [3.8, 4) is 0 Å². The zero-order valence-corrected chi connectivity index (χ0v) is 11.4. The van der Waals surface area contributed by atoms with E-state index in [0.29, 0.717) is 0 Å². The van der Waals surface area contributed by atoms with Gasteiger partial charge in [-0.05, 0) is 38.1 Å². The highest BCUT2D eigenvalue weighted by molar-refractivity contribution is 7.99. The summed E-state index contributed by atoms with van der Waals surface area (Å²) in [6.45, 7) is 3.52. The normalized spacial score (nSPS) is 25.4. The zero-order valence-electron chi connectivity index (χ0n) is 10.5. The molecule has 0 radical (unpaired) electrons. The Bertz CT molecular complexity index is 259. The molecule has 0 atom stereocenters. The Morgan fingerprint density at radius 2 is 2.06 bits per heavy atom. The molecule has 0 aliphatic carbocycles. The highest BCUT2D eigenvalue weighted by Crippen LogP contribution is 2.26. The second kappa shape index (κ2) is 6.07. The summed E-state index contributed by atoms with van der Waals surface area (Å²) < 4.78 is 5.60. The molecule has 17 heavy (non-hydrogen) atoms. The van der Waals surface area contributed by atoms with Crippen molar-refractivity contribution in [3.05, 3.63) is 0 Å². The number of thioether (sulfide) groups is 1. The first-order valence-corrected chi connectivity index (χ1v) is 7.57. The van der Waals surface area contributed by atoms with Gasteiger partial charge in [0.25, 0.3) is 5.91 Å². The van der Waals surface area contributed by atoms with Gasteiger partial charge in [-0.1, -0.05) is 0 Å². The summed E-state index contributed by atoms with van der Waals surface area (Å²) in [7, 11) is 1.68. The maximum atomic E-state index is 12.6. The van der Waals surface area contributed by atoms with E-state index in [1.807, 2.05) is 16.7 Å². The van der Waals surface area contributed by atoms with Crippen LogP contribution in [0.4, 0.5) is 0 Å². The molecule has 0 aromatic heterocycles. The van der Waals surface area contributed by atoms with Crippen LogP contribution in [0, 0.1) is 0 Å². The lowest BCUT2D eigenvalue weighted by molar-refractivity contribution is -0.158. The van der Waals surface area contributed by atoms with Crippen molar-refractivity contribution >= 4 is 17.7 Å². The van der Waals surface area contributed by atoms with E-state index in [4.69, 9.17) is 4.74 Å². The van der Waals surface area contributed by atoms with Gasteiger partial charge in [0.2, 0.25) is 0 Å². The quantitative estimate of drug-likeness (QED) is 0.792. The number of hydrogen-bond acceptors (Lipinski definition) is 4. The highest BCUT2D eigenvalue weighted by atomic mass is 32.2. The van der Waals surface area contributed by atoms with Crippen LogP contribution in [0.2, 0.25) is 0 Å². The first-order valence-electron chi connectivity index (χ1n) is 6.41. The van der Waals surface area contributed by atoms with Crippen LogP contribution in [0.3, 0.4) is 0 Å². The lowest BCUT2D eigenvalue weighted by Crippen LogP contribution is -2.55. The van der Waals surface area contributed by atoms with E-state index in [-0.39, 0.29) is 5.91 Å². The van der Waals surface area contributed by atoms with Crippen LogP contribution in [0.25, 0.3) is 0 Å². The summed E-state index contributed by atoms with van der Waals surface area (Å²) in [5.41, 5.74) is -0.555. The molecule has 2 aliphatic heterocycles. The fraction of sp³-hybridized carbons (Fsp3) is 0.917. The molecule has 98 valence electrons. The molecule has 2 fully saturated rings. The lowest BCUT2D eigenvalue weighted by atomic mass is 9.90. The molecule has 5 heteroatoms. The molecule has 1 amide bonds. The second-order valence-corrected chi connectivity index (χ2v) is 5.93. The van der Waals surface area contributed by atoms with Crippen molar-refractivity contribution in [2.24, 2.45) is 0 Å². The maximum absolute atomic E-state index is 12.6. The topological polar surface area (TPSA) is 41.6 Å². The van der Waals surface area contributed by atoms with E-state index < -0.39 is 5.60 Å². The number of nitrogens with zero attached hydrogens (tertiary/aromatic N) is 1. The molecule has 0 aromatic rings. The van der Waals surface area contributed by atoms with Crippen molar-refractivity contribution in [2.45, 2.75) is 24.9 Å². The summed E-state index contributed by atoms with van der Waals surface area (Å²) in [5, 5.41) is 3.29. The largest absolute Gasteiger partial charge is 0.368 e. The summed E-state index contributed by atoms with van der Waals surface area (Å²) in [4.78, 5) is 14.6. The minimum Gasteiger partial charge on any atom is -0.368 e. The van der Waals surface area contributed by atoms with Gasteiger partial charge in [-0.25, -0.2) is 0 Å². The number of ether oxygens (including phenoxy) is 1. The van der Waals surface area contributed by atoms with Crippen LogP contribution in [0.5, 0.6) is 0 Å². The minimum absolute atomic E-state index is 0.212. The Morgan fingerprint density at radius 3 is 2.76 bits per heavy atom. The van der Waals surface area contributed by atoms with Crippen molar-refractivity contribution in [3.63, 3.8) is 0 Å². The first-order chi connectivity index (χ1) is 8.28. The Labute approximate surface area is 107 Å².